The molecule has 0 bridgehead atoms. The van der Waals surface area contributed by atoms with Crippen molar-refractivity contribution in [3.63, 3.8) is 0 Å². The van der Waals surface area contributed by atoms with Gasteiger partial charge in [0.15, 0.2) is 0 Å². The second-order valence-corrected chi connectivity index (χ2v) is 4.27. The number of methoxy groups -OCH3 is 1. The van der Waals surface area contributed by atoms with E-state index in [1.54, 1.807) is 19.2 Å². The molecule has 5 nitrogen and oxygen atoms in total. The van der Waals surface area contributed by atoms with Crippen molar-refractivity contribution in [1.29, 1.82) is 0 Å². The van der Waals surface area contributed by atoms with Crippen molar-refractivity contribution in [3.8, 4) is 0 Å². The van der Waals surface area contributed by atoms with Gasteiger partial charge in [-0.15, -0.1) is 0 Å². The van der Waals surface area contributed by atoms with Gasteiger partial charge >= 0.3 is 0 Å². The van der Waals surface area contributed by atoms with Crippen LogP contribution in [0.3, 0.4) is 0 Å². The Kier molecular flexibility index (Phi) is 5.67. The zero-order valence-corrected chi connectivity index (χ0v) is 11.3. The van der Waals surface area contributed by atoms with E-state index < -0.39 is 0 Å². The number of nitrogens with two attached hydrogens (primary N) is 1. The first-order chi connectivity index (χ1) is 8.58. The Labute approximate surface area is 112 Å². The smallest absolute Gasteiger partial charge is 0.270 e. The molecule has 1 aromatic rings. The fraction of sp³-hybridized carbons (Fsp3) is 0.417. The van der Waals surface area contributed by atoms with Gasteiger partial charge in [0, 0.05) is 18.9 Å². The Morgan fingerprint density at radius 3 is 2.78 bits per heavy atom. The van der Waals surface area contributed by atoms with Crippen LogP contribution in [0.4, 0.5) is 0 Å². The van der Waals surface area contributed by atoms with Gasteiger partial charge in [0.25, 0.3) is 5.91 Å². The molecule has 1 aromatic heterocycles. The van der Waals surface area contributed by atoms with Crippen LogP contribution in [0.5, 0.6) is 0 Å². The molecule has 0 spiro atoms. The van der Waals surface area contributed by atoms with Gasteiger partial charge in [0.05, 0.1) is 12.6 Å². The van der Waals surface area contributed by atoms with Gasteiger partial charge in [0.1, 0.15) is 10.7 Å². The van der Waals surface area contributed by atoms with Gasteiger partial charge in [-0.3, -0.25) is 9.78 Å². The normalized spacial score (nSPS) is 11.9. The van der Waals surface area contributed by atoms with Crippen molar-refractivity contribution in [3.05, 3.63) is 29.6 Å². The van der Waals surface area contributed by atoms with Crippen LogP contribution in [0.1, 0.15) is 29.4 Å². The average molecular weight is 267 g/mol. The molecule has 98 valence electrons. The molecule has 0 aliphatic heterocycles. The molecule has 1 rings (SSSR count). The molecule has 3 N–H and O–H groups in total. The molecule has 0 aliphatic carbocycles. The first-order valence-corrected chi connectivity index (χ1v) is 6.05. The number of nitrogens with zero attached hydrogens (tertiary/aromatic N) is 1. The Balaban J connectivity index is 2.69. The molecular weight excluding hydrogens is 250 g/mol. The monoisotopic (exact) mass is 267 g/mol. The average Bonchev–Trinajstić information content (AvgIpc) is 2.38. The zero-order chi connectivity index (χ0) is 13.5. The van der Waals surface area contributed by atoms with Gasteiger partial charge in [-0.1, -0.05) is 19.1 Å². The predicted octanol–water partition coefficient (Wildman–Crippen LogP) is 0.871. The Morgan fingerprint density at radius 2 is 2.33 bits per heavy atom. The van der Waals surface area contributed by atoms with Crippen molar-refractivity contribution in [2.75, 3.05) is 13.7 Å². The summed E-state index contributed by atoms with van der Waals surface area (Å²) in [5.74, 6) is -0.228. The van der Waals surface area contributed by atoms with Crippen molar-refractivity contribution in [2.24, 2.45) is 5.73 Å². The highest BCUT2D eigenvalue weighted by Gasteiger charge is 2.13. The van der Waals surface area contributed by atoms with E-state index >= 15 is 0 Å². The number of nitrogens with one attached hydrogen (secondary N) is 1. The first kappa shape index (κ1) is 14.5. The summed E-state index contributed by atoms with van der Waals surface area (Å²) in [5.41, 5.74) is 6.44. The maximum Gasteiger partial charge on any atom is 0.270 e. The van der Waals surface area contributed by atoms with Gasteiger partial charge in [-0.25, -0.2) is 0 Å². The van der Waals surface area contributed by atoms with Crippen LogP contribution in [0.25, 0.3) is 0 Å². The maximum atomic E-state index is 11.9. The number of amides is 1. The van der Waals surface area contributed by atoms with Crippen LogP contribution in [0.15, 0.2) is 18.3 Å². The minimum atomic E-state index is -0.228. The third-order valence-corrected chi connectivity index (χ3v) is 2.71. The molecule has 18 heavy (non-hydrogen) atoms. The molecule has 1 unspecified atom stereocenters. The quantitative estimate of drug-likeness (QED) is 0.748. The van der Waals surface area contributed by atoms with Crippen LogP contribution in [0, 0.1) is 0 Å². The Hall–Kier alpha value is -1.53. The molecule has 0 saturated carbocycles. The summed E-state index contributed by atoms with van der Waals surface area (Å²) in [4.78, 5) is 16.2. The highest BCUT2D eigenvalue weighted by Crippen LogP contribution is 2.01. The largest absolute Gasteiger partial charge is 0.389 e. The number of hydrogen-bond acceptors (Lipinski definition) is 4. The molecule has 0 aliphatic rings. The van der Waals surface area contributed by atoms with Crippen LogP contribution >= 0.6 is 12.2 Å². The summed E-state index contributed by atoms with van der Waals surface area (Å²) in [6.45, 7) is 2.46. The second kappa shape index (κ2) is 7.03. The standard InChI is InChI=1S/C12H17N3O2S/c1-3-9(7-17-2)15-12(16)10-5-4-8(6-14-10)11(13)18/h4-6,9H,3,7H2,1-2H3,(H2,13,18)(H,15,16). The van der Waals surface area contributed by atoms with Crippen LogP contribution in [-0.2, 0) is 4.74 Å². The SMILES string of the molecule is CCC(COC)NC(=O)c1ccc(C(N)=S)cn1. The number of carbonyl (C=O) groups excluding carboxylic acids is 1. The third-order valence-electron chi connectivity index (χ3n) is 2.48. The number of ether oxygens (including phenoxy) is 1. The number of aromatic nitrogens is 1. The van der Waals surface area contributed by atoms with E-state index in [-0.39, 0.29) is 16.9 Å². The highest BCUT2D eigenvalue weighted by molar-refractivity contribution is 7.80. The lowest BCUT2D eigenvalue weighted by atomic mass is 10.2. The molecule has 0 radical (unpaired) electrons. The van der Waals surface area contributed by atoms with Crippen LogP contribution in [0.2, 0.25) is 0 Å². The van der Waals surface area contributed by atoms with Crippen LogP contribution in [-0.4, -0.2) is 35.6 Å². The fourth-order valence-corrected chi connectivity index (χ4v) is 1.52. The summed E-state index contributed by atoms with van der Waals surface area (Å²) in [5, 5.41) is 2.84. The number of rotatable bonds is 6. The third kappa shape index (κ3) is 4.05. The molecule has 1 atom stereocenters. The predicted molar refractivity (Wildman–Crippen MR) is 73.5 cm³/mol. The first-order valence-electron chi connectivity index (χ1n) is 5.64. The summed E-state index contributed by atoms with van der Waals surface area (Å²) in [7, 11) is 1.60. The summed E-state index contributed by atoms with van der Waals surface area (Å²) >= 11 is 4.81. The number of carbonyl (C=O) groups is 1. The van der Waals surface area contributed by atoms with E-state index in [1.165, 1.54) is 6.20 Å². The Bertz CT molecular complexity index is 420. The van der Waals surface area contributed by atoms with E-state index in [9.17, 15) is 4.79 Å². The molecule has 0 aromatic carbocycles. The summed E-state index contributed by atoms with van der Waals surface area (Å²) < 4.78 is 5.01. The molecule has 1 amide bonds. The lowest BCUT2D eigenvalue weighted by molar-refractivity contribution is 0.0889. The molecule has 1 heterocycles. The van der Waals surface area contributed by atoms with E-state index in [0.29, 0.717) is 17.9 Å². The van der Waals surface area contributed by atoms with Gasteiger partial charge in [-0.2, -0.15) is 0 Å². The van der Waals surface area contributed by atoms with Gasteiger partial charge < -0.3 is 15.8 Å². The molecule has 0 saturated heterocycles. The lowest BCUT2D eigenvalue weighted by Gasteiger charge is -2.15. The lowest BCUT2D eigenvalue weighted by Crippen LogP contribution is -2.37. The second-order valence-electron chi connectivity index (χ2n) is 3.83. The van der Waals surface area contributed by atoms with E-state index in [4.69, 9.17) is 22.7 Å². The van der Waals surface area contributed by atoms with Crippen molar-refractivity contribution >= 4 is 23.1 Å². The molecule has 6 heteroatoms. The van der Waals surface area contributed by atoms with Gasteiger partial charge in [-0.05, 0) is 18.6 Å². The Morgan fingerprint density at radius 1 is 1.61 bits per heavy atom. The number of pyridine rings is 1. The minimum Gasteiger partial charge on any atom is -0.389 e. The minimum absolute atomic E-state index is 0.0143. The van der Waals surface area contributed by atoms with Crippen molar-refractivity contribution in [2.45, 2.75) is 19.4 Å². The van der Waals surface area contributed by atoms with E-state index in [2.05, 4.69) is 10.3 Å². The van der Waals surface area contributed by atoms with Crippen LogP contribution < -0.4 is 11.1 Å². The van der Waals surface area contributed by atoms with Gasteiger partial charge in [0.2, 0.25) is 0 Å². The number of thiocarbonyl (C=S) groups is 1. The maximum absolute atomic E-state index is 11.9. The molecular formula is C12H17N3O2S. The number of hydrogen-bond donors (Lipinski definition) is 2. The topological polar surface area (TPSA) is 77.2 Å². The van der Waals surface area contributed by atoms with Crippen molar-refractivity contribution in [1.82, 2.24) is 10.3 Å². The zero-order valence-electron chi connectivity index (χ0n) is 10.5. The fourth-order valence-electron chi connectivity index (χ4n) is 1.40. The summed E-state index contributed by atoms with van der Waals surface area (Å²) in [6, 6.07) is 3.27. The summed E-state index contributed by atoms with van der Waals surface area (Å²) in [6.07, 6.45) is 2.29. The molecule has 0 fully saturated rings. The van der Waals surface area contributed by atoms with E-state index in [1.807, 2.05) is 6.92 Å². The van der Waals surface area contributed by atoms with Crippen molar-refractivity contribution < 1.29 is 9.53 Å². The highest BCUT2D eigenvalue weighted by atomic mass is 32.1. The van der Waals surface area contributed by atoms with E-state index in [0.717, 1.165) is 6.42 Å².